The van der Waals surface area contributed by atoms with Gasteiger partial charge in [0.05, 0.1) is 18.8 Å². The quantitative estimate of drug-likeness (QED) is 0.650. The van der Waals surface area contributed by atoms with Crippen LogP contribution in [0.5, 0.6) is 0 Å². The van der Waals surface area contributed by atoms with Gasteiger partial charge in [0.15, 0.2) is 0 Å². The first kappa shape index (κ1) is 20.3. The fourth-order valence-electron chi connectivity index (χ4n) is 3.92. The van der Waals surface area contributed by atoms with E-state index in [-0.39, 0.29) is 5.91 Å². The average Bonchev–Trinajstić information content (AvgIpc) is 3.12. The van der Waals surface area contributed by atoms with Crippen molar-refractivity contribution in [1.29, 1.82) is 0 Å². The first-order valence-corrected chi connectivity index (χ1v) is 10.5. The monoisotopic (exact) mass is 404 g/mol. The van der Waals surface area contributed by atoms with Crippen LogP contribution in [0.2, 0.25) is 0 Å². The molecule has 6 heteroatoms. The van der Waals surface area contributed by atoms with Gasteiger partial charge < -0.3 is 14.6 Å². The third-order valence-corrected chi connectivity index (χ3v) is 5.58. The number of carbonyl (C=O) groups is 1. The second-order valence-corrected chi connectivity index (χ2v) is 7.54. The number of amides is 1. The van der Waals surface area contributed by atoms with Gasteiger partial charge >= 0.3 is 0 Å². The number of pyridine rings is 1. The van der Waals surface area contributed by atoms with Crippen molar-refractivity contribution in [2.24, 2.45) is 0 Å². The van der Waals surface area contributed by atoms with Crippen LogP contribution >= 0.6 is 0 Å². The lowest BCUT2D eigenvalue weighted by atomic mass is 10.1. The van der Waals surface area contributed by atoms with E-state index in [2.05, 4.69) is 31.9 Å². The zero-order valence-electron chi connectivity index (χ0n) is 17.4. The van der Waals surface area contributed by atoms with E-state index in [1.165, 1.54) is 0 Å². The minimum atomic E-state index is -0.0946. The zero-order valence-corrected chi connectivity index (χ0v) is 17.4. The molecule has 156 valence electrons. The molecule has 1 N–H and O–H groups in total. The lowest BCUT2D eigenvalue weighted by molar-refractivity contribution is 0.0369. The van der Waals surface area contributed by atoms with Gasteiger partial charge in [-0.1, -0.05) is 30.3 Å². The van der Waals surface area contributed by atoms with Crippen molar-refractivity contribution in [3.8, 4) is 11.3 Å². The molecule has 3 heterocycles. The Labute approximate surface area is 177 Å². The number of ether oxygens (including phenoxy) is 1. The van der Waals surface area contributed by atoms with Crippen molar-refractivity contribution < 1.29 is 9.53 Å². The molecule has 4 rings (SSSR count). The van der Waals surface area contributed by atoms with Gasteiger partial charge in [0.25, 0.3) is 5.91 Å². The minimum Gasteiger partial charge on any atom is -0.379 e. The molecule has 1 aliphatic rings. The molecule has 3 aromatic rings. The normalized spacial score (nSPS) is 14.6. The van der Waals surface area contributed by atoms with Crippen LogP contribution in [0.15, 0.2) is 60.9 Å². The Bertz CT molecular complexity index is 964. The standard InChI is InChI=1S/C24H28N4O2/c1-19-22(24(29)26-21-8-10-25-11-9-21)18-23(20-6-3-2-4-7-20)28(19)13-5-12-27-14-16-30-17-15-27/h2-4,6-11,18H,5,12-17H2,1H3,(H,25,26,29). The van der Waals surface area contributed by atoms with Gasteiger partial charge in [-0.15, -0.1) is 0 Å². The van der Waals surface area contributed by atoms with Crippen molar-refractivity contribution in [2.45, 2.75) is 19.9 Å². The molecule has 2 aromatic heterocycles. The van der Waals surface area contributed by atoms with Crippen LogP contribution in [0.3, 0.4) is 0 Å². The number of nitrogens with one attached hydrogen (secondary N) is 1. The Kier molecular flexibility index (Phi) is 6.57. The van der Waals surface area contributed by atoms with E-state index in [9.17, 15) is 4.79 Å². The van der Waals surface area contributed by atoms with E-state index >= 15 is 0 Å². The number of anilines is 1. The zero-order chi connectivity index (χ0) is 20.8. The SMILES string of the molecule is Cc1c(C(=O)Nc2ccncc2)cc(-c2ccccc2)n1CCCN1CCOCC1. The van der Waals surface area contributed by atoms with Gasteiger partial charge in [-0.2, -0.15) is 0 Å². The second-order valence-electron chi connectivity index (χ2n) is 7.54. The molecule has 0 unspecified atom stereocenters. The Morgan fingerprint density at radius 1 is 1.07 bits per heavy atom. The maximum Gasteiger partial charge on any atom is 0.257 e. The first-order chi connectivity index (χ1) is 14.7. The number of hydrogen-bond acceptors (Lipinski definition) is 4. The van der Waals surface area contributed by atoms with Crippen LogP contribution in [-0.2, 0) is 11.3 Å². The molecule has 1 fully saturated rings. The van der Waals surface area contributed by atoms with Gasteiger partial charge in [-0.25, -0.2) is 0 Å². The summed E-state index contributed by atoms with van der Waals surface area (Å²) in [7, 11) is 0. The van der Waals surface area contributed by atoms with Crippen LogP contribution in [0.25, 0.3) is 11.3 Å². The minimum absolute atomic E-state index is 0.0946. The summed E-state index contributed by atoms with van der Waals surface area (Å²) in [5, 5.41) is 2.98. The molecular formula is C24H28N4O2. The van der Waals surface area contributed by atoms with E-state index in [4.69, 9.17) is 4.74 Å². The fourth-order valence-corrected chi connectivity index (χ4v) is 3.92. The number of morpholine rings is 1. The molecule has 0 atom stereocenters. The Hall–Kier alpha value is -2.96. The van der Waals surface area contributed by atoms with Crippen LogP contribution in [0.4, 0.5) is 5.69 Å². The summed E-state index contributed by atoms with van der Waals surface area (Å²) in [5.41, 5.74) is 4.64. The molecule has 1 aromatic carbocycles. The molecule has 1 aliphatic heterocycles. The smallest absolute Gasteiger partial charge is 0.257 e. The first-order valence-electron chi connectivity index (χ1n) is 10.5. The highest BCUT2D eigenvalue weighted by molar-refractivity contribution is 6.06. The van der Waals surface area contributed by atoms with E-state index in [1.807, 2.05) is 31.2 Å². The summed E-state index contributed by atoms with van der Waals surface area (Å²) in [6, 6.07) is 15.9. The molecule has 6 nitrogen and oxygen atoms in total. The number of nitrogens with zero attached hydrogens (tertiary/aromatic N) is 3. The summed E-state index contributed by atoms with van der Waals surface area (Å²) < 4.78 is 7.72. The fraction of sp³-hybridized carbons (Fsp3) is 0.333. The van der Waals surface area contributed by atoms with Gasteiger partial charge in [-0.05, 0) is 37.1 Å². The summed E-state index contributed by atoms with van der Waals surface area (Å²) in [6.45, 7) is 7.56. The van der Waals surface area contributed by atoms with Crippen molar-refractivity contribution in [3.05, 3.63) is 72.2 Å². The van der Waals surface area contributed by atoms with Crippen molar-refractivity contribution in [2.75, 3.05) is 38.2 Å². The third-order valence-electron chi connectivity index (χ3n) is 5.58. The van der Waals surface area contributed by atoms with E-state index in [0.717, 1.165) is 68.5 Å². The maximum absolute atomic E-state index is 13.0. The van der Waals surface area contributed by atoms with Crippen LogP contribution < -0.4 is 5.32 Å². The van der Waals surface area contributed by atoms with Gasteiger partial charge in [0.1, 0.15) is 0 Å². The predicted molar refractivity (Wildman–Crippen MR) is 119 cm³/mol. The Morgan fingerprint density at radius 2 is 1.80 bits per heavy atom. The van der Waals surface area contributed by atoms with Gasteiger partial charge in [0, 0.05) is 55.6 Å². The molecule has 0 aliphatic carbocycles. The third kappa shape index (κ3) is 4.78. The van der Waals surface area contributed by atoms with Gasteiger partial charge in [0.2, 0.25) is 0 Å². The lowest BCUT2D eigenvalue weighted by Gasteiger charge is -2.26. The molecule has 1 amide bonds. The number of hydrogen-bond donors (Lipinski definition) is 1. The highest BCUT2D eigenvalue weighted by Crippen LogP contribution is 2.27. The van der Waals surface area contributed by atoms with E-state index < -0.39 is 0 Å². The molecule has 0 bridgehead atoms. The summed E-state index contributed by atoms with van der Waals surface area (Å²) in [5.74, 6) is -0.0946. The Balaban J connectivity index is 1.56. The van der Waals surface area contributed by atoms with Crippen LogP contribution in [-0.4, -0.2) is 53.2 Å². The molecule has 0 radical (unpaired) electrons. The van der Waals surface area contributed by atoms with Crippen molar-refractivity contribution in [3.63, 3.8) is 0 Å². The molecule has 0 spiro atoms. The summed E-state index contributed by atoms with van der Waals surface area (Å²) in [6.07, 6.45) is 4.38. The van der Waals surface area contributed by atoms with Crippen LogP contribution in [0, 0.1) is 6.92 Å². The largest absolute Gasteiger partial charge is 0.379 e. The topological polar surface area (TPSA) is 59.4 Å². The second kappa shape index (κ2) is 9.69. The number of benzene rings is 1. The number of rotatable bonds is 7. The summed E-state index contributed by atoms with van der Waals surface area (Å²) >= 11 is 0. The average molecular weight is 405 g/mol. The number of carbonyl (C=O) groups excluding carboxylic acids is 1. The maximum atomic E-state index is 13.0. The van der Waals surface area contributed by atoms with Crippen LogP contribution in [0.1, 0.15) is 22.5 Å². The molecule has 0 saturated carbocycles. The van der Waals surface area contributed by atoms with Gasteiger partial charge in [-0.3, -0.25) is 14.7 Å². The van der Waals surface area contributed by atoms with Crippen molar-refractivity contribution in [1.82, 2.24) is 14.5 Å². The highest BCUT2D eigenvalue weighted by Gasteiger charge is 2.19. The predicted octanol–water partition coefficient (Wildman–Crippen LogP) is 3.83. The highest BCUT2D eigenvalue weighted by atomic mass is 16.5. The number of aromatic nitrogens is 2. The summed E-state index contributed by atoms with van der Waals surface area (Å²) in [4.78, 5) is 19.4. The van der Waals surface area contributed by atoms with E-state index in [0.29, 0.717) is 5.56 Å². The van der Waals surface area contributed by atoms with Crippen molar-refractivity contribution >= 4 is 11.6 Å². The molecular weight excluding hydrogens is 376 g/mol. The molecule has 30 heavy (non-hydrogen) atoms. The van der Waals surface area contributed by atoms with E-state index in [1.54, 1.807) is 24.5 Å². The lowest BCUT2D eigenvalue weighted by Crippen LogP contribution is -2.37. The Morgan fingerprint density at radius 3 is 2.53 bits per heavy atom. The molecule has 1 saturated heterocycles.